The third-order valence-electron chi connectivity index (χ3n) is 1.65. The molecule has 0 fully saturated rings. The molecule has 0 heterocycles. The van der Waals surface area contributed by atoms with E-state index in [1.807, 2.05) is 0 Å². The Morgan fingerprint density at radius 3 is 2.69 bits per heavy atom. The van der Waals surface area contributed by atoms with Gasteiger partial charge >= 0.3 is 0 Å². The first kappa shape index (κ1) is 10.7. The van der Waals surface area contributed by atoms with Crippen molar-refractivity contribution >= 4 is 23.2 Å². The average Bonchev–Trinajstić information content (AvgIpc) is 2.09. The molecule has 0 aromatic heterocycles. The molecular weight excluding hydrogens is 207 g/mol. The summed E-state index contributed by atoms with van der Waals surface area (Å²) in [5, 5.41) is 1.21. The highest BCUT2D eigenvalue weighted by molar-refractivity contribution is 6.35. The van der Waals surface area contributed by atoms with E-state index in [-0.39, 0.29) is 0 Å². The van der Waals surface area contributed by atoms with Gasteiger partial charge in [-0.15, -0.1) is 0 Å². The number of benzene rings is 1. The van der Waals surface area contributed by atoms with Crippen LogP contribution in [-0.4, -0.2) is 6.61 Å². The third-order valence-corrected chi connectivity index (χ3v) is 2.18. The lowest BCUT2D eigenvalue weighted by Gasteiger charge is -2.06. The minimum atomic E-state index is 0.573. The number of ether oxygens (including phenoxy) is 1. The second-order valence-corrected chi connectivity index (χ2v) is 3.62. The molecule has 13 heavy (non-hydrogen) atoms. The van der Waals surface area contributed by atoms with Crippen LogP contribution in [0.4, 0.5) is 0 Å². The predicted octanol–water partition coefficient (Wildman–Crippen LogP) is 4.17. The Hall–Kier alpha value is -0.400. The minimum Gasteiger partial charge on any atom is -0.492 e. The second kappa shape index (κ2) is 5.36. The molecule has 0 aliphatic rings. The van der Waals surface area contributed by atoms with E-state index < -0.39 is 0 Å². The van der Waals surface area contributed by atoms with Crippen LogP contribution in [0.2, 0.25) is 10.0 Å². The van der Waals surface area contributed by atoms with E-state index in [2.05, 4.69) is 6.92 Å². The lowest BCUT2D eigenvalue weighted by molar-refractivity contribution is 0.309. The van der Waals surface area contributed by atoms with Crippen molar-refractivity contribution in [1.29, 1.82) is 0 Å². The molecule has 0 saturated heterocycles. The smallest absolute Gasteiger partial charge is 0.137 e. The Bertz CT molecular complexity index is 274. The van der Waals surface area contributed by atoms with Gasteiger partial charge in [-0.05, 0) is 24.6 Å². The molecular formula is C10H12Cl2O. The molecule has 1 nitrogen and oxygen atoms in total. The van der Waals surface area contributed by atoms with Crippen LogP contribution in [0.5, 0.6) is 5.75 Å². The van der Waals surface area contributed by atoms with Gasteiger partial charge in [-0.3, -0.25) is 0 Å². The number of rotatable bonds is 4. The summed E-state index contributed by atoms with van der Waals surface area (Å²) >= 11 is 11.6. The van der Waals surface area contributed by atoms with Crippen LogP contribution >= 0.6 is 23.2 Å². The first-order valence-electron chi connectivity index (χ1n) is 4.32. The van der Waals surface area contributed by atoms with Gasteiger partial charge in [0.1, 0.15) is 5.75 Å². The fourth-order valence-corrected chi connectivity index (χ4v) is 1.38. The Morgan fingerprint density at radius 1 is 1.31 bits per heavy atom. The Labute approximate surface area is 88.6 Å². The predicted molar refractivity (Wildman–Crippen MR) is 56.9 cm³/mol. The molecule has 0 atom stereocenters. The summed E-state index contributed by atoms with van der Waals surface area (Å²) in [6.07, 6.45) is 2.16. The van der Waals surface area contributed by atoms with Gasteiger partial charge in [0.05, 0.1) is 11.6 Å². The van der Waals surface area contributed by atoms with E-state index in [9.17, 15) is 0 Å². The molecule has 72 valence electrons. The van der Waals surface area contributed by atoms with Crippen molar-refractivity contribution in [2.45, 2.75) is 19.8 Å². The van der Waals surface area contributed by atoms with Gasteiger partial charge in [-0.1, -0.05) is 36.5 Å². The highest BCUT2D eigenvalue weighted by Crippen LogP contribution is 2.27. The van der Waals surface area contributed by atoms with E-state index in [1.165, 1.54) is 0 Å². The van der Waals surface area contributed by atoms with Crippen LogP contribution in [0.25, 0.3) is 0 Å². The maximum Gasteiger partial charge on any atom is 0.137 e. The fraction of sp³-hybridized carbons (Fsp3) is 0.400. The zero-order valence-corrected chi connectivity index (χ0v) is 9.03. The standard InChI is InChI=1S/C10H12Cl2O/c1-2-3-6-13-10-5-4-8(11)7-9(10)12/h4-5,7H,2-3,6H2,1H3. The van der Waals surface area contributed by atoms with Gasteiger partial charge in [0.25, 0.3) is 0 Å². The summed E-state index contributed by atoms with van der Waals surface area (Å²) < 4.78 is 5.44. The molecule has 0 saturated carbocycles. The summed E-state index contributed by atoms with van der Waals surface area (Å²) in [5.74, 6) is 0.708. The minimum absolute atomic E-state index is 0.573. The zero-order valence-electron chi connectivity index (χ0n) is 7.52. The number of hydrogen-bond acceptors (Lipinski definition) is 1. The Kier molecular flexibility index (Phi) is 4.40. The van der Waals surface area contributed by atoms with Crippen LogP contribution in [-0.2, 0) is 0 Å². The molecule has 1 aromatic rings. The first-order valence-corrected chi connectivity index (χ1v) is 5.07. The van der Waals surface area contributed by atoms with E-state index in [0.717, 1.165) is 12.8 Å². The molecule has 0 unspecified atom stereocenters. The van der Waals surface area contributed by atoms with Crippen molar-refractivity contribution in [1.82, 2.24) is 0 Å². The number of hydrogen-bond donors (Lipinski definition) is 0. The van der Waals surface area contributed by atoms with Crippen molar-refractivity contribution in [3.05, 3.63) is 28.2 Å². The topological polar surface area (TPSA) is 9.23 Å². The normalized spacial score (nSPS) is 10.1. The highest BCUT2D eigenvalue weighted by atomic mass is 35.5. The summed E-state index contributed by atoms with van der Waals surface area (Å²) in [6.45, 7) is 2.82. The molecule has 3 heteroatoms. The number of unbranched alkanes of at least 4 members (excludes halogenated alkanes) is 1. The van der Waals surface area contributed by atoms with E-state index >= 15 is 0 Å². The molecule has 0 aliphatic heterocycles. The van der Waals surface area contributed by atoms with Crippen LogP contribution in [0.15, 0.2) is 18.2 Å². The fourth-order valence-electron chi connectivity index (χ4n) is 0.919. The molecule has 1 rings (SSSR count). The van der Waals surface area contributed by atoms with E-state index in [0.29, 0.717) is 22.4 Å². The summed E-state index contributed by atoms with van der Waals surface area (Å²) in [7, 11) is 0. The van der Waals surface area contributed by atoms with Gasteiger partial charge in [0.2, 0.25) is 0 Å². The van der Waals surface area contributed by atoms with Crippen molar-refractivity contribution in [2.24, 2.45) is 0 Å². The second-order valence-electron chi connectivity index (χ2n) is 2.78. The SMILES string of the molecule is CCCCOc1ccc(Cl)cc1Cl. The van der Waals surface area contributed by atoms with Crippen molar-refractivity contribution < 1.29 is 4.74 Å². The lowest BCUT2D eigenvalue weighted by Crippen LogP contribution is -1.96. The average molecular weight is 219 g/mol. The van der Waals surface area contributed by atoms with Crippen molar-refractivity contribution in [3.63, 3.8) is 0 Å². The van der Waals surface area contributed by atoms with Gasteiger partial charge in [-0.25, -0.2) is 0 Å². The van der Waals surface area contributed by atoms with E-state index in [4.69, 9.17) is 27.9 Å². The highest BCUT2D eigenvalue weighted by Gasteiger charge is 2.00. The quantitative estimate of drug-likeness (QED) is 0.690. The van der Waals surface area contributed by atoms with Crippen molar-refractivity contribution in [3.8, 4) is 5.75 Å². The maximum atomic E-state index is 5.90. The first-order chi connectivity index (χ1) is 6.24. The lowest BCUT2D eigenvalue weighted by atomic mass is 10.3. The molecule has 0 radical (unpaired) electrons. The van der Waals surface area contributed by atoms with Crippen LogP contribution in [0, 0.1) is 0 Å². The third kappa shape index (κ3) is 3.45. The molecule has 0 amide bonds. The van der Waals surface area contributed by atoms with Crippen molar-refractivity contribution in [2.75, 3.05) is 6.61 Å². The van der Waals surface area contributed by atoms with Crippen LogP contribution in [0.3, 0.4) is 0 Å². The van der Waals surface area contributed by atoms with Gasteiger partial charge in [0.15, 0.2) is 0 Å². The van der Waals surface area contributed by atoms with Gasteiger partial charge in [0, 0.05) is 5.02 Å². The molecule has 1 aromatic carbocycles. The monoisotopic (exact) mass is 218 g/mol. The molecule has 0 N–H and O–H groups in total. The largest absolute Gasteiger partial charge is 0.492 e. The van der Waals surface area contributed by atoms with Crippen LogP contribution < -0.4 is 4.74 Å². The molecule has 0 spiro atoms. The zero-order chi connectivity index (χ0) is 9.68. The summed E-state index contributed by atoms with van der Waals surface area (Å²) in [4.78, 5) is 0. The van der Waals surface area contributed by atoms with Crippen LogP contribution in [0.1, 0.15) is 19.8 Å². The maximum absolute atomic E-state index is 5.90. The van der Waals surface area contributed by atoms with Gasteiger partial charge in [-0.2, -0.15) is 0 Å². The molecule has 0 bridgehead atoms. The Morgan fingerprint density at radius 2 is 2.08 bits per heavy atom. The number of halogens is 2. The Balaban J connectivity index is 2.56. The van der Waals surface area contributed by atoms with E-state index in [1.54, 1.807) is 18.2 Å². The summed E-state index contributed by atoms with van der Waals surface area (Å²) in [5.41, 5.74) is 0. The summed E-state index contributed by atoms with van der Waals surface area (Å²) in [6, 6.07) is 5.25. The van der Waals surface area contributed by atoms with Gasteiger partial charge < -0.3 is 4.74 Å². The molecule has 0 aliphatic carbocycles.